The number of hydrogen-bond donors (Lipinski definition) is 1. The zero-order chi connectivity index (χ0) is 12.4. The van der Waals surface area contributed by atoms with Crippen LogP contribution in [0.2, 0.25) is 0 Å². The molecule has 0 aromatic heterocycles. The first kappa shape index (κ1) is 13.2. The molecule has 1 rings (SSSR count). The lowest BCUT2D eigenvalue weighted by molar-refractivity contribution is 0.559. The molecule has 0 radical (unpaired) electrons. The van der Waals surface area contributed by atoms with Crippen molar-refractivity contribution in [2.45, 2.75) is 37.8 Å². The number of sulfone groups is 1. The standard InChI is InChI=1S/C12H19NO2S/c1-12(2,3)16(14,15)9-11-6-4-10(8-13)5-7-11/h4-7H,8-9,13H2,1-3H3. The molecule has 0 fully saturated rings. The van der Waals surface area contributed by atoms with Crippen LogP contribution in [0.1, 0.15) is 31.9 Å². The van der Waals surface area contributed by atoms with Crippen LogP contribution in [0.5, 0.6) is 0 Å². The molecule has 0 atom stereocenters. The highest BCUT2D eigenvalue weighted by Crippen LogP contribution is 2.20. The summed E-state index contributed by atoms with van der Waals surface area (Å²) in [7, 11) is -3.10. The van der Waals surface area contributed by atoms with Crippen molar-refractivity contribution in [1.29, 1.82) is 0 Å². The van der Waals surface area contributed by atoms with Crippen LogP contribution < -0.4 is 5.73 Å². The molecule has 0 aliphatic carbocycles. The van der Waals surface area contributed by atoms with Crippen LogP contribution in [0.25, 0.3) is 0 Å². The van der Waals surface area contributed by atoms with E-state index in [2.05, 4.69) is 0 Å². The number of nitrogens with two attached hydrogens (primary N) is 1. The van der Waals surface area contributed by atoms with Gasteiger partial charge in [-0.25, -0.2) is 8.42 Å². The number of hydrogen-bond acceptors (Lipinski definition) is 3. The summed E-state index contributed by atoms with van der Waals surface area (Å²) in [5, 5.41) is 0. The van der Waals surface area contributed by atoms with E-state index >= 15 is 0 Å². The fraction of sp³-hybridized carbons (Fsp3) is 0.500. The predicted molar refractivity (Wildman–Crippen MR) is 66.7 cm³/mol. The Labute approximate surface area is 97.6 Å². The van der Waals surface area contributed by atoms with Gasteiger partial charge in [0.1, 0.15) is 0 Å². The van der Waals surface area contributed by atoms with E-state index < -0.39 is 14.6 Å². The molecule has 90 valence electrons. The van der Waals surface area contributed by atoms with Gasteiger partial charge in [-0.15, -0.1) is 0 Å². The van der Waals surface area contributed by atoms with Crippen LogP contribution in [0.3, 0.4) is 0 Å². The molecule has 0 saturated heterocycles. The van der Waals surface area contributed by atoms with Crippen molar-refractivity contribution in [2.24, 2.45) is 5.73 Å². The lowest BCUT2D eigenvalue weighted by atomic mass is 10.1. The molecule has 4 heteroatoms. The van der Waals surface area contributed by atoms with Crippen molar-refractivity contribution in [1.82, 2.24) is 0 Å². The van der Waals surface area contributed by atoms with Gasteiger partial charge >= 0.3 is 0 Å². The van der Waals surface area contributed by atoms with E-state index in [4.69, 9.17) is 5.73 Å². The van der Waals surface area contributed by atoms with Crippen LogP contribution in [-0.2, 0) is 22.1 Å². The van der Waals surface area contributed by atoms with Gasteiger partial charge in [0.25, 0.3) is 0 Å². The molecule has 0 amide bonds. The van der Waals surface area contributed by atoms with Gasteiger partial charge in [-0.3, -0.25) is 0 Å². The molecule has 3 nitrogen and oxygen atoms in total. The fourth-order valence-electron chi connectivity index (χ4n) is 1.21. The summed E-state index contributed by atoms with van der Waals surface area (Å²) < 4.78 is 23.2. The number of benzene rings is 1. The van der Waals surface area contributed by atoms with E-state index in [1.54, 1.807) is 20.8 Å². The summed E-state index contributed by atoms with van der Waals surface area (Å²) in [4.78, 5) is 0. The average molecular weight is 241 g/mol. The quantitative estimate of drug-likeness (QED) is 0.878. The Hall–Kier alpha value is -0.870. The van der Waals surface area contributed by atoms with E-state index in [0.29, 0.717) is 6.54 Å². The Bertz CT molecular complexity index is 441. The summed E-state index contributed by atoms with van der Waals surface area (Å²) in [5.41, 5.74) is 7.30. The van der Waals surface area contributed by atoms with E-state index in [-0.39, 0.29) is 5.75 Å². The Kier molecular flexibility index (Phi) is 3.76. The minimum atomic E-state index is -3.10. The second kappa shape index (κ2) is 4.55. The van der Waals surface area contributed by atoms with E-state index in [1.807, 2.05) is 24.3 Å². The van der Waals surface area contributed by atoms with Crippen LogP contribution in [-0.4, -0.2) is 13.2 Å². The first-order valence-electron chi connectivity index (χ1n) is 5.26. The summed E-state index contributed by atoms with van der Waals surface area (Å²) in [6.07, 6.45) is 0. The van der Waals surface area contributed by atoms with Crippen LogP contribution in [0.4, 0.5) is 0 Å². The second-order valence-electron chi connectivity index (χ2n) is 4.89. The summed E-state index contributed by atoms with van der Waals surface area (Å²) in [6.45, 7) is 5.63. The van der Waals surface area contributed by atoms with Gasteiger partial charge in [0.2, 0.25) is 0 Å². The molecule has 1 aromatic rings. The van der Waals surface area contributed by atoms with Crippen molar-refractivity contribution in [3.05, 3.63) is 35.4 Å². The lowest BCUT2D eigenvalue weighted by Gasteiger charge is -2.19. The van der Waals surface area contributed by atoms with Crippen molar-refractivity contribution in [3.63, 3.8) is 0 Å². The van der Waals surface area contributed by atoms with Crippen LogP contribution in [0.15, 0.2) is 24.3 Å². The lowest BCUT2D eigenvalue weighted by Crippen LogP contribution is -2.29. The van der Waals surface area contributed by atoms with E-state index in [1.165, 1.54) is 0 Å². The topological polar surface area (TPSA) is 60.2 Å². The molecule has 0 heterocycles. The van der Waals surface area contributed by atoms with Crippen molar-refractivity contribution in [2.75, 3.05) is 0 Å². The average Bonchev–Trinajstić information content (AvgIpc) is 2.16. The second-order valence-corrected chi connectivity index (χ2v) is 7.63. The molecule has 0 spiro atoms. The van der Waals surface area contributed by atoms with Gasteiger partial charge in [0.05, 0.1) is 10.5 Å². The summed E-state index contributed by atoms with van der Waals surface area (Å²) in [5.74, 6) is 0.0847. The van der Waals surface area contributed by atoms with Crippen molar-refractivity contribution in [3.8, 4) is 0 Å². The van der Waals surface area contributed by atoms with Crippen LogP contribution in [0, 0.1) is 0 Å². The smallest absolute Gasteiger partial charge is 0.159 e. The van der Waals surface area contributed by atoms with Crippen molar-refractivity contribution >= 4 is 9.84 Å². The van der Waals surface area contributed by atoms with Gasteiger partial charge < -0.3 is 5.73 Å². The zero-order valence-electron chi connectivity index (χ0n) is 10.0. The highest BCUT2D eigenvalue weighted by molar-refractivity contribution is 7.91. The molecule has 0 saturated carbocycles. The maximum absolute atomic E-state index is 12.0. The Balaban J connectivity index is 2.89. The third-order valence-electron chi connectivity index (χ3n) is 2.55. The Morgan fingerprint density at radius 2 is 1.50 bits per heavy atom. The largest absolute Gasteiger partial charge is 0.326 e. The van der Waals surface area contributed by atoms with Gasteiger partial charge in [-0.2, -0.15) is 0 Å². The molecule has 16 heavy (non-hydrogen) atoms. The monoisotopic (exact) mass is 241 g/mol. The van der Waals surface area contributed by atoms with Gasteiger partial charge in [-0.1, -0.05) is 24.3 Å². The number of rotatable bonds is 3. The maximum atomic E-state index is 12.0. The highest BCUT2D eigenvalue weighted by Gasteiger charge is 2.28. The molecule has 0 aliphatic rings. The first-order valence-corrected chi connectivity index (χ1v) is 6.92. The third-order valence-corrected chi connectivity index (χ3v) is 5.13. The fourth-order valence-corrected chi connectivity index (χ4v) is 2.27. The summed E-state index contributed by atoms with van der Waals surface area (Å²) in [6, 6.07) is 7.39. The first-order chi connectivity index (χ1) is 7.26. The Morgan fingerprint density at radius 3 is 1.88 bits per heavy atom. The predicted octanol–water partition coefficient (Wildman–Crippen LogP) is 1.86. The SMILES string of the molecule is CC(C)(C)S(=O)(=O)Cc1ccc(CN)cc1. The van der Waals surface area contributed by atoms with Gasteiger partial charge in [0, 0.05) is 6.54 Å². The Morgan fingerprint density at radius 1 is 1.06 bits per heavy atom. The third kappa shape index (κ3) is 3.06. The molecule has 0 aliphatic heterocycles. The van der Waals surface area contributed by atoms with Crippen LogP contribution >= 0.6 is 0 Å². The minimum absolute atomic E-state index is 0.0847. The summed E-state index contributed by atoms with van der Waals surface area (Å²) >= 11 is 0. The highest BCUT2D eigenvalue weighted by atomic mass is 32.2. The molecule has 1 aromatic carbocycles. The maximum Gasteiger partial charge on any atom is 0.159 e. The van der Waals surface area contributed by atoms with E-state index in [0.717, 1.165) is 11.1 Å². The molecule has 0 unspecified atom stereocenters. The van der Waals surface area contributed by atoms with E-state index in [9.17, 15) is 8.42 Å². The zero-order valence-corrected chi connectivity index (χ0v) is 10.8. The minimum Gasteiger partial charge on any atom is -0.326 e. The molecule has 0 bridgehead atoms. The molecular formula is C12H19NO2S. The van der Waals surface area contributed by atoms with Gasteiger partial charge in [0.15, 0.2) is 9.84 Å². The molecular weight excluding hydrogens is 222 g/mol. The van der Waals surface area contributed by atoms with Crippen molar-refractivity contribution < 1.29 is 8.42 Å². The normalized spacial score (nSPS) is 12.8. The molecule has 2 N–H and O–H groups in total. The van der Waals surface area contributed by atoms with Gasteiger partial charge in [-0.05, 0) is 31.9 Å².